The molecular weight excluding hydrogens is 424 g/mol. The van der Waals surface area contributed by atoms with Gasteiger partial charge < -0.3 is 25.5 Å². The number of esters is 1. The lowest BCUT2D eigenvalue weighted by molar-refractivity contribution is -0.134. The molecule has 0 radical (unpaired) electrons. The number of nitrogens with one attached hydrogen (secondary N) is 2. The van der Waals surface area contributed by atoms with Crippen LogP contribution in [0.3, 0.4) is 0 Å². The number of nitrogens with two attached hydrogens (primary N) is 1. The van der Waals surface area contributed by atoms with Crippen LogP contribution >= 0.6 is 0 Å². The number of hydrogen-bond acceptors (Lipinski definition) is 8. The summed E-state index contributed by atoms with van der Waals surface area (Å²) in [5.74, 6) is 0.509. The van der Waals surface area contributed by atoms with Crippen LogP contribution < -0.4 is 26.2 Å². The summed E-state index contributed by atoms with van der Waals surface area (Å²) < 4.78 is 12.4. The van der Waals surface area contributed by atoms with Gasteiger partial charge in [0, 0.05) is 19.5 Å². The number of H-pyrrole nitrogens is 1. The van der Waals surface area contributed by atoms with E-state index in [-0.39, 0.29) is 23.5 Å². The van der Waals surface area contributed by atoms with Crippen molar-refractivity contribution in [3.05, 3.63) is 40.3 Å². The van der Waals surface area contributed by atoms with E-state index in [9.17, 15) is 9.59 Å². The van der Waals surface area contributed by atoms with Crippen molar-refractivity contribution in [2.45, 2.75) is 59.0 Å². The summed E-state index contributed by atoms with van der Waals surface area (Å²) in [6, 6.07) is 7.66. The van der Waals surface area contributed by atoms with E-state index in [1.807, 2.05) is 18.2 Å². The van der Waals surface area contributed by atoms with Gasteiger partial charge in [0.2, 0.25) is 0 Å². The van der Waals surface area contributed by atoms with Crippen LogP contribution in [0.2, 0.25) is 0 Å². The third-order valence-corrected chi connectivity index (χ3v) is 5.09. The number of aryl methyl sites for hydroxylation is 1. The molecule has 3 aromatic rings. The fourth-order valence-electron chi connectivity index (χ4n) is 3.29. The van der Waals surface area contributed by atoms with Gasteiger partial charge in [0.1, 0.15) is 11.3 Å². The van der Waals surface area contributed by atoms with Gasteiger partial charge in [-0.1, -0.05) is 32.4 Å². The van der Waals surface area contributed by atoms with Crippen LogP contribution in [0.5, 0.6) is 11.8 Å². The molecule has 10 heteroatoms. The summed E-state index contributed by atoms with van der Waals surface area (Å²) in [5, 5.41) is 3.37. The van der Waals surface area contributed by atoms with E-state index >= 15 is 0 Å². The molecule has 178 valence electrons. The molecule has 4 N–H and O–H groups in total. The Hall–Kier alpha value is -3.40. The number of carbonyl (C=O) groups excluding carboxylic acids is 1. The van der Waals surface area contributed by atoms with Crippen molar-refractivity contribution in [2.24, 2.45) is 0 Å². The van der Waals surface area contributed by atoms with Gasteiger partial charge in [0.05, 0.1) is 6.61 Å². The maximum Gasteiger partial charge on any atom is 0.327 e. The van der Waals surface area contributed by atoms with E-state index in [1.165, 1.54) is 0 Å². The number of benzene rings is 1. The Balaban J connectivity index is 1.50. The zero-order valence-corrected chi connectivity index (χ0v) is 19.2. The Morgan fingerprint density at radius 1 is 1.21 bits per heavy atom. The molecule has 2 heterocycles. The first-order chi connectivity index (χ1) is 16.0. The molecule has 0 unspecified atom stereocenters. The summed E-state index contributed by atoms with van der Waals surface area (Å²) in [5.41, 5.74) is 7.66. The lowest BCUT2D eigenvalue weighted by Crippen LogP contribution is -2.19. The molecule has 0 spiro atoms. The van der Waals surface area contributed by atoms with E-state index in [2.05, 4.69) is 27.2 Å². The molecule has 1 aromatic carbocycles. The molecule has 0 aliphatic heterocycles. The van der Waals surface area contributed by atoms with Crippen LogP contribution in [0, 0.1) is 0 Å². The van der Waals surface area contributed by atoms with Crippen LogP contribution in [0.15, 0.2) is 29.1 Å². The van der Waals surface area contributed by atoms with Crippen molar-refractivity contribution < 1.29 is 14.3 Å². The third-order valence-electron chi connectivity index (χ3n) is 5.09. The molecule has 0 aliphatic rings. The molecule has 0 amide bonds. The average Bonchev–Trinajstić information content (AvgIpc) is 3.12. The summed E-state index contributed by atoms with van der Waals surface area (Å²) in [6.07, 6.45) is 3.88. The Kier molecular flexibility index (Phi) is 8.82. The van der Waals surface area contributed by atoms with Gasteiger partial charge in [-0.05, 0) is 43.5 Å². The van der Waals surface area contributed by atoms with Crippen molar-refractivity contribution in [3.8, 4) is 11.8 Å². The zero-order chi connectivity index (χ0) is 23.6. The largest absolute Gasteiger partial charge is 0.463 e. The normalized spacial score (nSPS) is 11.1. The molecule has 10 nitrogen and oxygen atoms in total. The quantitative estimate of drug-likeness (QED) is 0.203. The smallest absolute Gasteiger partial charge is 0.327 e. The number of hydrogen-bond donors (Lipinski definition) is 3. The summed E-state index contributed by atoms with van der Waals surface area (Å²) in [7, 11) is 0. The zero-order valence-electron chi connectivity index (χ0n) is 19.2. The van der Waals surface area contributed by atoms with Crippen LogP contribution in [-0.4, -0.2) is 38.6 Å². The lowest BCUT2D eigenvalue weighted by Gasteiger charge is -2.08. The topological polar surface area (TPSA) is 137 Å². The highest BCUT2D eigenvalue weighted by molar-refractivity contribution is 5.81. The van der Waals surface area contributed by atoms with Crippen LogP contribution in [0.1, 0.15) is 51.5 Å². The third kappa shape index (κ3) is 6.79. The van der Waals surface area contributed by atoms with E-state index in [4.69, 9.17) is 15.2 Å². The number of aromatic nitrogens is 4. The number of imidazole rings is 1. The van der Waals surface area contributed by atoms with Gasteiger partial charge in [0.25, 0.3) is 0 Å². The first-order valence-corrected chi connectivity index (χ1v) is 11.4. The van der Waals surface area contributed by atoms with Crippen molar-refractivity contribution in [2.75, 3.05) is 18.9 Å². The van der Waals surface area contributed by atoms with Gasteiger partial charge in [-0.15, -0.1) is 0 Å². The fourth-order valence-corrected chi connectivity index (χ4v) is 3.29. The molecule has 33 heavy (non-hydrogen) atoms. The number of nitrogen functional groups attached to an aromatic ring is 1. The minimum absolute atomic E-state index is 0.190. The molecule has 0 saturated carbocycles. The fraction of sp³-hybridized carbons (Fsp3) is 0.478. The number of ether oxygens (including phenoxy) is 2. The number of nitrogens with zero attached hydrogens (tertiary/aromatic N) is 3. The van der Waals surface area contributed by atoms with Gasteiger partial charge in [-0.25, -0.2) is 4.79 Å². The summed E-state index contributed by atoms with van der Waals surface area (Å²) in [4.78, 5) is 35.1. The van der Waals surface area contributed by atoms with Crippen LogP contribution in [0.4, 0.5) is 5.82 Å². The van der Waals surface area contributed by atoms with Gasteiger partial charge in [0.15, 0.2) is 11.5 Å². The molecule has 0 fully saturated rings. The highest BCUT2D eigenvalue weighted by atomic mass is 16.5. The SMILES string of the molecule is CCCCOc1nc(N)c2[nH]c(=O)n(CCCCNCc3cccc(OC(=O)CC)c3)c2n1. The standard InChI is InChI=1S/C23H32N6O4/c1-3-5-13-32-22-27-20(24)19-21(28-22)29(23(31)26-19)12-7-6-11-25-15-16-9-8-10-17(14-16)33-18(30)4-2/h8-10,14,25H,3-7,11-13,15H2,1-2H3,(H,26,31)(H2,24,27,28). The Bertz CT molecular complexity index is 1120. The van der Waals surface area contributed by atoms with Gasteiger partial charge in [-0.2, -0.15) is 9.97 Å². The monoisotopic (exact) mass is 456 g/mol. The molecule has 0 aliphatic carbocycles. The van der Waals surface area contributed by atoms with Crippen molar-refractivity contribution >= 4 is 23.0 Å². The lowest BCUT2D eigenvalue weighted by atomic mass is 10.2. The highest BCUT2D eigenvalue weighted by Crippen LogP contribution is 2.18. The van der Waals surface area contributed by atoms with Crippen LogP contribution in [0.25, 0.3) is 11.2 Å². The molecule has 0 bridgehead atoms. The van der Waals surface area contributed by atoms with Crippen molar-refractivity contribution in [1.29, 1.82) is 0 Å². The second kappa shape index (κ2) is 12.0. The molecule has 3 rings (SSSR count). The first-order valence-electron chi connectivity index (χ1n) is 11.4. The predicted molar refractivity (Wildman–Crippen MR) is 126 cm³/mol. The van der Waals surface area contributed by atoms with E-state index in [0.717, 1.165) is 37.8 Å². The maximum atomic E-state index is 12.4. The minimum atomic E-state index is -0.261. The Morgan fingerprint density at radius 2 is 2.06 bits per heavy atom. The van der Waals surface area contributed by atoms with E-state index in [1.54, 1.807) is 17.6 Å². The van der Waals surface area contributed by atoms with E-state index < -0.39 is 0 Å². The first kappa shape index (κ1) is 24.2. The second-order valence-corrected chi connectivity index (χ2v) is 7.73. The minimum Gasteiger partial charge on any atom is -0.463 e. The number of aromatic amines is 1. The van der Waals surface area contributed by atoms with Crippen molar-refractivity contribution in [1.82, 2.24) is 24.8 Å². The number of fused-ring (bicyclic) bond motifs is 1. The molecular formula is C23H32N6O4. The predicted octanol–water partition coefficient (Wildman–Crippen LogP) is 2.77. The van der Waals surface area contributed by atoms with E-state index in [0.29, 0.717) is 43.0 Å². The number of carbonyl (C=O) groups is 1. The number of anilines is 1. The summed E-state index contributed by atoms with van der Waals surface area (Å²) >= 11 is 0. The second-order valence-electron chi connectivity index (χ2n) is 7.73. The number of unbranched alkanes of at least 4 members (excludes halogenated alkanes) is 2. The van der Waals surface area contributed by atoms with Crippen molar-refractivity contribution in [3.63, 3.8) is 0 Å². The average molecular weight is 457 g/mol. The summed E-state index contributed by atoms with van der Waals surface area (Å²) in [6.45, 7) is 6.28. The molecule has 2 aromatic heterocycles. The highest BCUT2D eigenvalue weighted by Gasteiger charge is 2.14. The molecule has 0 saturated heterocycles. The van der Waals surface area contributed by atoms with Gasteiger partial charge in [-0.3, -0.25) is 9.36 Å². The molecule has 0 atom stereocenters. The Morgan fingerprint density at radius 3 is 2.85 bits per heavy atom. The van der Waals surface area contributed by atoms with Crippen LogP contribution in [-0.2, 0) is 17.9 Å². The number of rotatable bonds is 13. The Labute approximate surface area is 192 Å². The van der Waals surface area contributed by atoms with Gasteiger partial charge >= 0.3 is 17.7 Å². The maximum absolute atomic E-state index is 12.4.